The molecular formula is C17H26N2O3. The van der Waals surface area contributed by atoms with Crippen LogP contribution in [0.15, 0.2) is 22.8 Å². The van der Waals surface area contributed by atoms with Gasteiger partial charge in [-0.3, -0.25) is 9.69 Å². The largest absolute Gasteiger partial charge is 0.468 e. The summed E-state index contributed by atoms with van der Waals surface area (Å²) in [4.78, 5) is 15.0. The van der Waals surface area contributed by atoms with Gasteiger partial charge in [0.1, 0.15) is 5.76 Å². The van der Waals surface area contributed by atoms with Gasteiger partial charge in [0.2, 0.25) is 5.91 Å². The fourth-order valence-corrected chi connectivity index (χ4v) is 3.85. The molecule has 0 bridgehead atoms. The van der Waals surface area contributed by atoms with Gasteiger partial charge in [-0.25, -0.2) is 0 Å². The molecule has 2 aliphatic heterocycles. The Morgan fingerprint density at radius 2 is 2.23 bits per heavy atom. The van der Waals surface area contributed by atoms with Gasteiger partial charge in [0.15, 0.2) is 0 Å². The summed E-state index contributed by atoms with van der Waals surface area (Å²) in [5.74, 6) is 1.21. The van der Waals surface area contributed by atoms with E-state index in [9.17, 15) is 4.79 Å². The lowest BCUT2D eigenvalue weighted by Crippen LogP contribution is -2.46. The normalized spacial score (nSPS) is 25.0. The van der Waals surface area contributed by atoms with E-state index in [1.807, 2.05) is 26.0 Å². The molecule has 0 radical (unpaired) electrons. The SMILES string of the molecule is CC(C)NC(=O)C1CN(Cc2ccco2)CC12CCOCC2. The molecule has 0 aromatic carbocycles. The molecule has 1 amide bonds. The van der Waals surface area contributed by atoms with Crippen LogP contribution >= 0.6 is 0 Å². The molecule has 5 heteroatoms. The number of amides is 1. The van der Waals surface area contributed by atoms with Gasteiger partial charge in [-0.05, 0) is 38.8 Å². The quantitative estimate of drug-likeness (QED) is 0.925. The first-order valence-corrected chi connectivity index (χ1v) is 8.22. The highest BCUT2D eigenvalue weighted by molar-refractivity contribution is 5.80. The van der Waals surface area contributed by atoms with Gasteiger partial charge in [0.25, 0.3) is 0 Å². The molecule has 3 heterocycles. The molecule has 2 saturated heterocycles. The molecule has 1 spiro atoms. The molecule has 1 aromatic rings. The van der Waals surface area contributed by atoms with E-state index in [2.05, 4.69) is 10.2 Å². The molecular weight excluding hydrogens is 280 g/mol. The van der Waals surface area contributed by atoms with Crippen molar-refractivity contribution in [2.75, 3.05) is 26.3 Å². The topological polar surface area (TPSA) is 54.7 Å². The highest BCUT2D eigenvalue weighted by atomic mass is 16.5. The maximum absolute atomic E-state index is 12.7. The zero-order valence-corrected chi connectivity index (χ0v) is 13.5. The first-order valence-electron chi connectivity index (χ1n) is 8.22. The van der Waals surface area contributed by atoms with Crippen molar-refractivity contribution in [2.24, 2.45) is 11.3 Å². The summed E-state index contributed by atoms with van der Waals surface area (Å²) in [5.41, 5.74) is 0.0593. The van der Waals surface area contributed by atoms with Crippen LogP contribution in [0.3, 0.4) is 0 Å². The lowest BCUT2D eigenvalue weighted by atomic mass is 9.71. The van der Waals surface area contributed by atoms with Gasteiger partial charge in [0, 0.05) is 37.8 Å². The number of carbonyl (C=O) groups excluding carboxylic acids is 1. The number of nitrogens with one attached hydrogen (secondary N) is 1. The molecule has 5 nitrogen and oxygen atoms in total. The molecule has 2 fully saturated rings. The highest BCUT2D eigenvalue weighted by Gasteiger charge is 2.50. The van der Waals surface area contributed by atoms with Crippen molar-refractivity contribution < 1.29 is 13.9 Å². The number of ether oxygens (including phenoxy) is 1. The van der Waals surface area contributed by atoms with Crippen molar-refractivity contribution in [1.82, 2.24) is 10.2 Å². The van der Waals surface area contributed by atoms with Gasteiger partial charge in [-0.15, -0.1) is 0 Å². The Labute approximate surface area is 132 Å². The Kier molecular flexibility index (Phi) is 4.54. The Morgan fingerprint density at radius 3 is 2.86 bits per heavy atom. The van der Waals surface area contributed by atoms with Crippen LogP contribution in [0.25, 0.3) is 0 Å². The maximum Gasteiger partial charge on any atom is 0.225 e. The van der Waals surface area contributed by atoms with Crippen LogP contribution in [0.1, 0.15) is 32.4 Å². The Morgan fingerprint density at radius 1 is 1.45 bits per heavy atom. The van der Waals surface area contributed by atoms with Crippen LogP contribution in [0, 0.1) is 11.3 Å². The van der Waals surface area contributed by atoms with Crippen molar-refractivity contribution in [1.29, 1.82) is 0 Å². The predicted molar refractivity (Wildman–Crippen MR) is 83.2 cm³/mol. The fourth-order valence-electron chi connectivity index (χ4n) is 3.85. The smallest absolute Gasteiger partial charge is 0.225 e. The van der Waals surface area contributed by atoms with E-state index in [4.69, 9.17) is 9.15 Å². The number of nitrogens with zero attached hydrogens (tertiary/aromatic N) is 1. The first-order chi connectivity index (χ1) is 10.6. The van der Waals surface area contributed by atoms with Crippen LogP contribution in [-0.4, -0.2) is 43.2 Å². The Bertz CT molecular complexity index is 492. The van der Waals surface area contributed by atoms with Crippen LogP contribution in [0.5, 0.6) is 0 Å². The molecule has 2 aliphatic rings. The van der Waals surface area contributed by atoms with E-state index < -0.39 is 0 Å². The molecule has 1 unspecified atom stereocenters. The van der Waals surface area contributed by atoms with Crippen LogP contribution in [0.2, 0.25) is 0 Å². The Hall–Kier alpha value is -1.33. The van der Waals surface area contributed by atoms with Crippen molar-refractivity contribution in [3.8, 4) is 0 Å². The average Bonchev–Trinajstić information content (AvgIpc) is 3.08. The number of carbonyl (C=O) groups is 1. The van der Waals surface area contributed by atoms with Crippen LogP contribution < -0.4 is 5.32 Å². The Balaban J connectivity index is 1.74. The van der Waals surface area contributed by atoms with Crippen LogP contribution in [0.4, 0.5) is 0 Å². The zero-order chi connectivity index (χ0) is 15.6. The van der Waals surface area contributed by atoms with Crippen molar-refractivity contribution in [3.63, 3.8) is 0 Å². The van der Waals surface area contributed by atoms with Crippen molar-refractivity contribution in [2.45, 2.75) is 39.3 Å². The average molecular weight is 306 g/mol. The van der Waals surface area contributed by atoms with E-state index in [0.29, 0.717) is 0 Å². The molecule has 1 atom stereocenters. The lowest BCUT2D eigenvalue weighted by Gasteiger charge is -2.37. The van der Waals surface area contributed by atoms with Crippen molar-refractivity contribution in [3.05, 3.63) is 24.2 Å². The van der Waals surface area contributed by atoms with Crippen molar-refractivity contribution >= 4 is 5.91 Å². The number of hydrogen-bond donors (Lipinski definition) is 1. The summed E-state index contributed by atoms with van der Waals surface area (Å²) in [6.07, 6.45) is 3.65. The third-order valence-corrected chi connectivity index (χ3v) is 4.91. The van der Waals surface area contributed by atoms with Gasteiger partial charge in [0.05, 0.1) is 18.7 Å². The number of hydrogen-bond acceptors (Lipinski definition) is 4. The van der Waals surface area contributed by atoms with Crippen LogP contribution in [-0.2, 0) is 16.1 Å². The summed E-state index contributed by atoms with van der Waals surface area (Å²) in [6.45, 7) is 8.10. The summed E-state index contributed by atoms with van der Waals surface area (Å²) in [6, 6.07) is 4.10. The summed E-state index contributed by atoms with van der Waals surface area (Å²) in [7, 11) is 0. The third kappa shape index (κ3) is 3.20. The molecule has 3 rings (SSSR count). The highest BCUT2D eigenvalue weighted by Crippen LogP contribution is 2.44. The lowest BCUT2D eigenvalue weighted by molar-refractivity contribution is -0.130. The molecule has 1 N–H and O–H groups in total. The second-order valence-electron chi connectivity index (χ2n) is 6.94. The van der Waals surface area contributed by atoms with Gasteiger partial charge < -0.3 is 14.5 Å². The van der Waals surface area contributed by atoms with E-state index in [1.54, 1.807) is 6.26 Å². The standard InChI is InChI=1S/C17H26N2O3/c1-13(2)18-16(20)15-11-19(10-14-4-3-7-22-14)12-17(15)5-8-21-9-6-17/h3-4,7,13,15H,5-6,8-12H2,1-2H3,(H,18,20). The summed E-state index contributed by atoms with van der Waals surface area (Å²) in [5, 5.41) is 3.11. The molecule has 1 aromatic heterocycles. The summed E-state index contributed by atoms with van der Waals surface area (Å²) >= 11 is 0. The minimum absolute atomic E-state index is 0.0498. The first kappa shape index (κ1) is 15.6. The van der Waals surface area contributed by atoms with E-state index in [-0.39, 0.29) is 23.3 Å². The molecule has 22 heavy (non-hydrogen) atoms. The monoisotopic (exact) mass is 306 g/mol. The molecule has 0 saturated carbocycles. The summed E-state index contributed by atoms with van der Waals surface area (Å²) < 4.78 is 11.0. The minimum Gasteiger partial charge on any atom is -0.468 e. The van der Waals surface area contributed by atoms with Gasteiger partial charge in [-0.2, -0.15) is 0 Å². The molecule has 0 aliphatic carbocycles. The third-order valence-electron chi connectivity index (χ3n) is 4.91. The second kappa shape index (κ2) is 6.42. The zero-order valence-electron chi connectivity index (χ0n) is 13.5. The van der Waals surface area contributed by atoms with E-state index in [0.717, 1.165) is 51.4 Å². The predicted octanol–water partition coefficient (Wildman–Crippen LogP) is 2.03. The second-order valence-corrected chi connectivity index (χ2v) is 6.94. The minimum atomic E-state index is 0.0498. The fraction of sp³-hybridized carbons (Fsp3) is 0.706. The number of rotatable bonds is 4. The van der Waals surface area contributed by atoms with E-state index in [1.165, 1.54) is 0 Å². The number of likely N-dealkylation sites (tertiary alicyclic amines) is 1. The molecule has 122 valence electrons. The number of furan rings is 1. The van der Waals surface area contributed by atoms with E-state index >= 15 is 0 Å². The van der Waals surface area contributed by atoms with Gasteiger partial charge >= 0.3 is 0 Å². The van der Waals surface area contributed by atoms with Gasteiger partial charge in [-0.1, -0.05) is 0 Å². The maximum atomic E-state index is 12.7.